The molecule has 1 aliphatic heterocycles. The molecule has 0 spiro atoms. The first kappa shape index (κ1) is 22.7. The summed E-state index contributed by atoms with van der Waals surface area (Å²) >= 11 is 0. The molecule has 1 saturated carbocycles. The average molecular weight is 443 g/mol. The maximum absolute atomic E-state index is 3.53. The lowest BCUT2D eigenvalue weighted by molar-refractivity contribution is 0.322. The second kappa shape index (κ2) is 10.9. The smallest absolute Gasteiger partial charge is 0.0483 e. The number of piperidine rings is 1. The molecule has 0 radical (unpaired) electrons. The minimum Gasteiger partial charge on any atom is -0.347 e. The van der Waals surface area contributed by atoms with Crippen molar-refractivity contribution in [2.45, 2.75) is 83.6 Å². The van der Waals surface area contributed by atoms with Crippen LogP contribution < -0.4 is 5.32 Å². The van der Waals surface area contributed by atoms with E-state index in [0.717, 1.165) is 11.8 Å². The van der Waals surface area contributed by atoms with Gasteiger partial charge < -0.3 is 9.88 Å². The quantitative estimate of drug-likeness (QED) is 0.376. The lowest BCUT2D eigenvalue weighted by Crippen LogP contribution is -2.27. The van der Waals surface area contributed by atoms with Crippen molar-refractivity contribution < 1.29 is 0 Å². The van der Waals surface area contributed by atoms with Gasteiger partial charge in [-0.1, -0.05) is 80.1 Å². The molecule has 2 aromatic carbocycles. The third-order valence-corrected chi connectivity index (χ3v) is 8.38. The van der Waals surface area contributed by atoms with Gasteiger partial charge in [-0.3, -0.25) is 0 Å². The minimum absolute atomic E-state index is 0.490. The number of nitrogens with one attached hydrogen (secondary N) is 1. The Hall–Kier alpha value is -2.06. The molecule has 33 heavy (non-hydrogen) atoms. The average Bonchev–Trinajstić information content (AvgIpc) is 3.21. The molecule has 0 amide bonds. The van der Waals surface area contributed by atoms with E-state index in [4.69, 9.17) is 0 Å². The number of aromatic nitrogens is 1. The lowest BCUT2D eigenvalue weighted by Gasteiger charge is -2.24. The van der Waals surface area contributed by atoms with Gasteiger partial charge in [0.25, 0.3) is 0 Å². The zero-order valence-corrected chi connectivity index (χ0v) is 20.6. The zero-order chi connectivity index (χ0) is 22.5. The number of para-hydroxylation sites is 1. The molecule has 1 aromatic heterocycles. The van der Waals surface area contributed by atoms with Gasteiger partial charge in [-0.15, -0.1) is 0 Å². The van der Waals surface area contributed by atoms with Crippen molar-refractivity contribution in [1.29, 1.82) is 0 Å². The van der Waals surface area contributed by atoms with Crippen LogP contribution in [0.5, 0.6) is 0 Å². The number of hydrogen-bond donors (Lipinski definition) is 1. The summed E-state index contributed by atoms with van der Waals surface area (Å²) in [6.45, 7) is 5.85. The van der Waals surface area contributed by atoms with Crippen molar-refractivity contribution >= 4 is 10.9 Å². The van der Waals surface area contributed by atoms with Crippen LogP contribution in [-0.4, -0.2) is 17.7 Å². The van der Waals surface area contributed by atoms with Crippen LogP contribution in [0.25, 0.3) is 10.9 Å². The maximum atomic E-state index is 3.53. The van der Waals surface area contributed by atoms with Gasteiger partial charge in [-0.05, 0) is 81.1 Å². The highest BCUT2D eigenvalue weighted by Crippen LogP contribution is 2.38. The number of benzene rings is 2. The van der Waals surface area contributed by atoms with Crippen LogP contribution in [-0.2, 0) is 6.54 Å². The second-order valence-electron chi connectivity index (χ2n) is 10.8. The van der Waals surface area contributed by atoms with Gasteiger partial charge in [0.05, 0.1) is 0 Å². The van der Waals surface area contributed by atoms with Crippen LogP contribution >= 0.6 is 0 Å². The summed E-state index contributed by atoms with van der Waals surface area (Å²) in [5, 5.41) is 5.00. The summed E-state index contributed by atoms with van der Waals surface area (Å²) in [6, 6.07) is 18.5. The van der Waals surface area contributed by atoms with Crippen molar-refractivity contribution in [3.05, 3.63) is 71.4 Å². The second-order valence-corrected chi connectivity index (χ2v) is 10.8. The predicted octanol–water partition coefficient (Wildman–Crippen LogP) is 7.83. The van der Waals surface area contributed by atoms with Crippen molar-refractivity contribution in [1.82, 2.24) is 9.88 Å². The number of hydrogen-bond acceptors (Lipinski definition) is 1. The van der Waals surface area contributed by atoms with Gasteiger partial charge in [0, 0.05) is 29.6 Å². The Kier molecular flexibility index (Phi) is 7.51. The molecule has 5 rings (SSSR count). The topological polar surface area (TPSA) is 17.0 Å². The number of aryl methyl sites for hydroxylation is 1. The van der Waals surface area contributed by atoms with Crippen LogP contribution in [0.2, 0.25) is 0 Å². The first-order valence-corrected chi connectivity index (χ1v) is 13.6. The molecule has 2 fully saturated rings. The fourth-order valence-corrected chi connectivity index (χ4v) is 6.52. The Morgan fingerprint density at radius 1 is 0.909 bits per heavy atom. The van der Waals surface area contributed by atoms with Gasteiger partial charge >= 0.3 is 0 Å². The van der Waals surface area contributed by atoms with Crippen LogP contribution in [0, 0.1) is 18.8 Å². The number of nitrogens with zero attached hydrogens (tertiary/aromatic N) is 1. The first-order valence-electron chi connectivity index (χ1n) is 13.6. The van der Waals surface area contributed by atoms with Gasteiger partial charge in [0.15, 0.2) is 0 Å². The molecule has 2 heteroatoms. The highest BCUT2D eigenvalue weighted by molar-refractivity contribution is 5.85. The van der Waals surface area contributed by atoms with Gasteiger partial charge in [0.1, 0.15) is 0 Å². The summed E-state index contributed by atoms with van der Waals surface area (Å²) in [5.41, 5.74) is 5.87. The summed E-state index contributed by atoms with van der Waals surface area (Å²) in [6.07, 6.45) is 16.3. The standard InChI is InChI=1S/C31H42N2/c1-24-9-7-13-27(21-24)28(15-8-12-25-17-19-32-20-18-25)30-23-33(22-26-10-3-2-4-11-26)31-16-6-5-14-29(30)31/h5-7,9,13-14,16,21,23,25-26,28,32H,2-4,8,10-12,15,17-20,22H2,1H3. The van der Waals surface area contributed by atoms with E-state index in [2.05, 4.69) is 71.5 Å². The third kappa shape index (κ3) is 5.54. The molecule has 176 valence electrons. The van der Waals surface area contributed by atoms with E-state index in [1.54, 1.807) is 5.56 Å². The molecular formula is C31H42N2. The molecule has 1 saturated heterocycles. The monoisotopic (exact) mass is 442 g/mol. The summed E-state index contributed by atoms with van der Waals surface area (Å²) < 4.78 is 2.61. The Balaban J connectivity index is 1.43. The number of fused-ring (bicyclic) bond motifs is 1. The van der Waals surface area contributed by atoms with Crippen molar-refractivity contribution in [3.8, 4) is 0 Å². The van der Waals surface area contributed by atoms with Crippen LogP contribution in [0.4, 0.5) is 0 Å². The van der Waals surface area contributed by atoms with E-state index < -0.39 is 0 Å². The van der Waals surface area contributed by atoms with Gasteiger partial charge in [-0.2, -0.15) is 0 Å². The maximum Gasteiger partial charge on any atom is 0.0483 e. The van der Waals surface area contributed by atoms with E-state index in [9.17, 15) is 0 Å². The Bertz CT molecular complexity index is 1020. The van der Waals surface area contributed by atoms with Gasteiger partial charge in [-0.25, -0.2) is 0 Å². The van der Waals surface area contributed by atoms with E-state index >= 15 is 0 Å². The highest BCUT2D eigenvalue weighted by Gasteiger charge is 2.22. The SMILES string of the molecule is Cc1cccc(C(CCCC2CCNCC2)c2cn(CC3CCCCC3)c3ccccc23)c1. The summed E-state index contributed by atoms with van der Waals surface area (Å²) in [5.74, 6) is 2.25. The third-order valence-electron chi connectivity index (χ3n) is 8.38. The van der Waals surface area contributed by atoms with Crippen molar-refractivity contribution in [2.24, 2.45) is 11.8 Å². The normalized spacial score (nSPS) is 19.2. The van der Waals surface area contributed by atoms with Crippen LogP contribution in [0.3, 0.4) is 0 Å². The van der Waals surface area contributed by atoms with E-state index in [1.165, 1.54) is 106 Å². The van der Waals surface area contributed by atoms with Crippen molar-refractivity contribution in [3.63, 3.8) is 0 Å². The molecule has 1 unspecified atom stereocenters. The van der Waals surface area contributed by atoms with E-state index in [0.29, 0.717) is 5.92 Å². The first-order chi connectivity index (χ1) is 16.3. The largest absolute Gasteiger partial charge is 0.347 e. The molecule has 3 aromatic rings. The molecule has 2 aliphatic rings. The molecule has 1 aliphatic carbocycles. The Morgan fingerprint density at radius 3 is 2.55 bits per heavy atom. The van der Waals surface area contributed by atoms with Crippen LogP contribution in [0.1, 0.15) is 86.8 Å². The van der Waals surface area contributed by atoms with Gasteiger partial charge in [0.2, 0.25) is 0 Å². The lowest BCUT2D eigenvalue weighted by atomic mass is 9.84. The number of rotatable bonds is 8. The fraction of sp³-hybridized carbons (Fsp3) is 0.548. The molecule has 2 heterocycles. The molecule has 1 N–H and O–H groups in total. The summed E-state index contributed by atoms with van der Waals surface area (Å²) in [7, 11) is 0. The van der Waals surface area contributed by atoms with E-state index in [-0.39, 0.29) is 0 Å². The fourth-order valence-electron chi connectivity index (χ4n) is 6.52. The summed E-state index contributed by atoms with van der Waals surface area (Å²) in [4.78, 5) is 0. The zero-order valence-electron chi connectivity index (χ0n) is 20.6. The molecular weight excluding hydrogens is 400 g/mol. The Morgan fingerprint density at radius 2 is 1.73 bits per heavy atom. The van der Waals surface area contributed by atoms with Crippen LogP contribution in [0.15, 0.2) is 54.7 Å². The molecule has 2 nitrogen and oxygen atoms in total. The molecule has 0 bridgehead atoms. The van der Waals surface area contributed by atoms with E-state index in [1.807, 2.05) is 0 Å². The highest BCUT2D eigenvalue weighted by atomic mass is 15.0. The minimum atomic E-state index is 0.490. The Labute approximate surface area is 200 Å². The van der Waals surface area contributed by atoms with Crippen molar-refractivity contribution in [2.75, 3.05) is 13.1 Å². The molecule has 1 atom stereocenters. The predicted molar refractivity (Wildman–Crippen MR) is 141 cm³/mol.